The number of fused-ring (bicyclic) bond motifs is 2. The van der Waals surface area contributed by atoms with Crippen LogP contribution < -0.4 is 10.0 Å². The van der Waals surface area contributed by atoms with Crippen molar-refractivity contribution in [1.82, 2.24) is 0 Å². The molecule has 2 heterocycles. The summed E-state index contributed by atoms with van der Waals surface area (Å²) in [6, 6.07) is 26.2. The van der Waals surface area contributed by atoms with Crippen LogP contribution in [0.3, 0.4) is 0 Å². The lowest BCUT2D eigenvalue weighted by Crippen LogP contribution is -2.53. The lowest BCUT2D eigenvalue weighted by Gasteiger charge is -2.46. The van der Waals surface area contributed by atoms with Gasteiger partial charge in [-0.1, -0.05) is 58.4 Å². The number of benzene rings is 3. The van der Waals surface area contributed by atoms with Crippen LogP contribution in [0.25, 0.3) is 0 Å². The van der Waals surface area contributed by atoms with Crippen LogP contribution in [-0.4, -0.2) is 16.5 Å². The standard InChI is InChI=1S/C24H19BrN4OS/c1-16-21-10-6-7-11-22(21)24(28(26-16)19-8-4-3-5-9-19)29(27-23(31-24)17(2)30)20-14-12-18(25)13-15-20/h3-15H,1-2H3/t24-/m1/s1. The molecule has 0 saturated carbocycles. The fourth-order valence-electron chi connectivity index (χ4n) is 3.89. The summed E-state index contributed by atoms with van der Waals surface area (Å²) in [7, 11) is 0. The van der Waals surface area contributed by atoms with E-state index in [2.05, 4.69) is 28.1 Å². The summed E-state index contributed by atoms with van der Waals surface area (Å²) in [5.41, 5.74) is 4.80. The maximum absolute atomic E-state index is 12.5. The molecule has 0 N–H and O–H groups in total. The summed E-state index contributed by atoms with van der Waals surface area (Å²) in [5, 5.41) is 14.2. The topological polar surface area (TPSA) is 48.3 Å². The van der Waals surface area contributed by atoms with Crippen LogP contribution in [0.2, 0.25) is 0 Å². The number of hydrogen-bond acceptors (Lipinski definition) is 6. The number of halogens is 1. The van der Waals surface area contributed by atoms with Gasteiger partial charge in [-0.15, -0.1) is 0 Å². The second kappa shape index (κ2) is 7.66. The van der Waals surface area contributed by atoms with Gasteiger partial charge in [-0.3, -0.25) is 4.79 Å². The summed E-state index contributed by atoms with van der Waals surface area (Å²) >= 11 is 4.94. The Morgan fingerprint density at radius 2 is 1.48 bits per heavy atom. The van der Waals surface area contributed by atoms with Crippen LogP contribution in [0.5, 0.6) is 0 Å². The molecule has 154 valence electrons. The second-order valence-corrected chi connectivity index (χ2v) is 9.41. The highest BCUT2D eigenvalue weighted by Gasteiger charge is 2.55. The number of anilines is 2. The quantitative estimate of drug-likeness (QED) is 0.454. The zero-order valence-corrected chi connectivity index (χ0v) is 19.4. The molecule has 0 amide bonds. The molecule has 0 bridgehead atoms. The van der Waals surface area contributed by atoms with Crippen molar-refractivity contribution in [3.05, 3.63) is 94.5 Å². The minimum atomic E-state index is -0.869. The van der Waals surface area contributed by atoms with Crippen molar-refractivity contribution >= 4 is 55.6 Å². The van der Waals surface area contributed by atoms with E-state index in [0.717, 1.165) is 32.7 Å². The van der Waals surface area contributed by atoms with Gasteiger partial charge in [-0.05, 0) is 55.1 Å². The molecule has 5 nitrogen and oxygen atoms in total. The highest BCUT2D eigenvalue weighted by molar-refractivity contribution is 9.10. The van der Waals surface area contributed by atoms with Crippen molar-refractivity contribution in [3.8, 4) is 0 Å². The van der Waals surface area contributed by atoms with E-state index >= 15 is 0 Å². The minimum Gasteiger partial charge on any atom is -0.292 e. The lowest BCUT2D eigenvalue weighted by atomic mass is 9.98. The van der Waals surface area contributed by atoms with Crippen LogP contribution in [0.4, 0.5) is 11.4 Å². The Kier molecular flexibility index (Phi) is 4.95. The van der Waals surface area contributed by atoms with Crippen LogP contribution >= 0.6 is 27.7 Å². The Hall–Kier alpha value is -2.90. The summed E-state index contributed by atoms with van der Waals surface area (Å²) in [6.45, 7) is 3.57. The molecule has 3 aromatic rings. The molecular weight excluding hydrogens is 472 g/mol. The molecule has 0 saturated heterocycles. The monoisotopic (exact) mass is 490 g/mol. The molecule has 2 aliphatic heterocycles. The number of ketones is 1. The van der Waals surface area contributed by atoms with Crippen molar-refractivity contribution in [2.24, 2.45) is 10.2 Å². The van der Waals surface area contributed by atoms with E-state index < -0.39 is 4.99 Å². The van der Waals surface area contributed by atoms with E-state index in [1.807, 2.05) is 83.7 Å². The van der Waals surface area contributed by atoms with E-state index in [0.29, 0.717) is 5.04 Å². The SMILES string of the molecule is CC(=O)C1=NN(c2ccc(Br)cc2)[C@@]2(S1)c1ccccc1C(C)=NN2c1ccccc1. The van der Waals surface area contributed by atoms with Gasteiger partial charge < -0.3 is 0 Å². The highest BCUT2D eigenvalue weighted by atomic mass is 79.9. The van der Waals surface area contributed by atoms with Gasteiger partial charge >= 0.3 is 0 Å². The summed E-state index contributed by atoms with van der Waals surface area (Å²) < 4.78 is 0.978. The first-order valence-corrected chi connectivity index (χ1v) is 11.5. The zero-order chi connectivity index (χ0) is 21.6. The van der Waals surface area contributed by atoms with E-state index in [-0.39, 0.29) is 5.78 Å². The number of Topliss-reactive ketones (excluding diaryl/α,β-unsaturated/α-hetero) is 1. The van der Waals surface area contributed by atoms with Crippen LogP contribution in [0, 0.1) is 0 Å². The first kappa shape index (κ1) is 20.0. The first-order chi connectivity index (χ1) is 15.0. The molecule has 3 aromatic carbocycles. The third-order valence-electron chi connectivity index (χ3n) is 5.29. The second-order valence-electron chi connectivity index (χ2n) is 7.34. The molecule has 0 unspecified atom stereocenters. The molecule has 1 spiro atoms. The molecule has 31 heavy (non-hydrogen) atoms. The Balaban J connectivity index is 1.81. The number of thioether (sulfide) groups is 1. The maximum atomic E-state index is 12.5. The Bertz CT molecular complexity index is 1230. The van der Waals surface area contributed by atoms with Crippen LogP contribution in [-0.2, 0) is 9.79 Å². The third-order valence-corrected chi connectivity index (χ3v) is 7.24. The number of carbonyl (C=O) groups excluding carboxylic acids is 1. The first-order valence-electron chi connectivity index (χ1n) is 9.85. The normalized spacial score (nSPS) is 19.8. The van der Waals surface area contributed by atoms with Gasteiger partial charge in [0.2, 0.25) is 4.99 Å². The number of para-hydroxylation sites is 1. The number of hydrogen-bond donors (Lipinski definition) is 0. The van der Waals surface area contributed by atoms with Gasteiger partial charge in [0.1, 0.15) is 0 Å². The molecule has 7 heteroatoms. The molecule has 0 aliphatic carbocycles. The van der Waals surface area contributed by atoms with Gasteiger partial charge in [-0.2, -0.15) is 10.2 Å². The molecule has 5 rings (SSSR count). The molecular formula is C24H19BrN4OS. The number of carbonyl (C=O) groups is 1. The van der Waals surface area contributed by atoms with E-state index in [1.54, 1.807) is 6.92 Å². The van der Waals surface area contributed by atoms with E-state index in [1.165, 1.54) is 11.8 Å². The molecule has 1 atom stereocenters. The van der Waals surface area contributed by atoms with Crippen LogP contribution in [0.15, 0.2) is 93.5 Å². The molecule has 0 fully saturated rings. The van der Waals surface area contributed by atoms with E-state index in [4.69, 9.17) is 10.2 Å². The predicted octanol–water partition coefficient (Wildman–Crippen LogP) is 5.96. The van der Waals surface area contributed by atoms with Crippen molar-refractivity contribution in [2.75, 3.05) is 10.0 Å². The van der Waals surface area contributed by atoms with Gasteiger partial charge in [0, 0.05) is 22.5 Å². The van der Waals surface area contributed by atoms with Crippen molar-refractivity contribution in [3.63, 3.8) is 0 Å². The van der Waals surface area contributed by atoms with E-state index in [9.17, 15) is 4.79 Å². The molecule has 2 aliphatic rings. The molecule has 0 aromatic heterocycles. The summed E-state index contributed by atoms with van der Waals surface area (Å²) in [4.78, 5) is 11.6. The summed E-state index contributed by atoms with van der Waals surface area (Å²) in [5.74, 6) is -0.0687. The Morgan fingerprint density at radius 1 is 0.871 bits per heavy atom. The Morgan fingerprint density at radius 3 is 2.19 bits per heavy atom. The summed E-state index contributed by atoms with van der Waals surface area (Å²) in [6.07, 6.45) is 0. The lowest BCUT2D eigenvalue weighted by molar-refractivity contribution is -0.110. The smallest absolute Gasteiger partial charge is 0.234 e. The van der Waals surface area contributed by atoms with Crippen LogP contribution in [0.1, 0.15) is 25.0 Å². The van der Waals surface area contributed by atoms with Crippen molar-refractivity contribution < 1.29 is 4.79 Å². The fraction of sp³-hybridized carbons (Fsp3) is 0.125. The van der Waals surface area contributed by atoms with Crippen molar-refractivity contribution in [2.45, 2.75) is 18.8 Å². The third kappa shape index (κ3) is 3.20. The van der Waals surface area contributed by atoms with Crippen molar-refractivity contribution in [1.29, 1.82) is 0 Å². The average Bonchev–Trinajstić information content (AvgIpc) is 3.19. The molecule has 0 radical (unpaired) electrons. The Labute approximate surface area is 193 Å². The zero-order valence-electron chi connectivity index (χ0n) is 17.0. The van der Waals surface area contributed by atoms with Gasteiger partial charge in [0.15, 0.2) is 10.8 Å². The minimum absolute atomic E-state index is 0.0687. The van der Waals surface area contributed by atoms with Gasteiger partial charge in [0.25, 0.3) is 0 Å². The van der Waals surface area contributed by atoms with Gasteiger partial charge in [-0.25, -0.2) is 10.0 Å². The average molecular weight is 491 g/mol. The highest BCUT2D eigenvalue weighted by Crippen LogP contribution is 2.54. The number of rotatable bonds is 3. The number of nitrogens with zero attached hydrogens (tertiary/aromatic N) is 4. The number of hydrazone groups is 2. The fourth-order valence-corrected chi connectivity index (χ4v) is 5.44. The predicted molar refractivity (Wildman–Crippen MR) is 132 cm³/mol. The van der Waals surface area contributed by atoms with Gasteiger partial charge in [0.05, 0.1) is 17.1 Å². The largest absolute Gasteiger partial charge is 0.292 e. The maximum Gasteiger partial charge on any atom is 0.234 e.